The highest BCUT2D eigenvalue weighted by Gasteiger charge is 2.40. The molecule has 0 saturated carbocycles. The van der Waals surface area contributed by atoms with Crippen LogP contribution in [0.4, 0.5) is 18.9 Å². The van der Waals surface area contributed by atoms with Crippen LogP contribution in [0, 0.1) is 41.2 Å². The smallest absolute Gasteiger partial charge is 0.407 e. The standard InChI is InChI=1S/C12H11F3N2O3/c1-7-3-8(2)11(4-10(7)17(18)19)20-6-9(5-16)12(13,14)15/h3-4,9H,6H2,1-2H3. The highest BCUT2D eigenvalue weighted by Crippen LogP contribution is 2.30. The summed E-state index contributed by atoms with van der Waals surface area (Å²) in [5, 5.41) is 19.2. The van der Waals surface area contributed by atoms with Crippen LogP contribution < -0.4 is 4.74 Å². The van der Waals surface area contributed by atoms with Gasteiger partial charge in [-0.05, 0) is 25.5 Å². The quantitative estimate of drug-likeness (QED) is 0.629. The topological polar surface area (TPSA) is 76.2 Å². The molecule has 0 aliphatic carbocycles. The number of nitriles is 1. The molecule has 0 spiro atoms. The van der Waals surface area contributed by atoms with Crippen LogP contribution >= 0.6 is 0 Å². The third-order valence-corrected chi connectivity index (χ3v) is 2.65. The van der Waals surface area contributed by atoms with E-state index in [0.717, 1.165) is 12.1 Å². The molecule has 5 nitrogen and oxygen atoms in total. The molecule has 108 valence electrons. The van der Waals surface area contributed by atoms with E-state index >= 15 is 0 Å². The summed E-state index contributed by atoms with van der Waals surface area (Å²) in [4.78, 5) is 10.1. The lowest BCUT2D eigenvalue weighted by Crippen LogP contribution is -2.27. The largest absolute Gasteiger partial charge is 0.491 e. The van der Waals surface area contributed by atoms with Gasteiger partial charge in [-0.3, -0.25) is 10.1 Å². The molecule has 8 heteroatoms. The molecular formula is C12H11F3N2O3. The van der Waals surface area contributed by atoms with Gasteiger partial charge in [0, 0.05) is 5.56 Å². The molecule has 1 aromatic carbocycles. The molecule has 0 saturated heterocycles. The van der Waals surface area contributed by atoms with Gasteiger partial charge in [0.15, 0.2) is 5.92 Å². The van der Waals surface area contributed by atoms with Gasteiger partial charge >= 0.3 is 6.18 Å². The first kappa shape index (κ1) is 15.8. The fraction of sp³-hybridized carbons (Fsp3) is 0.417. The molecule has 1 rings (SSSR count). The lowest BCUT2D eigenvalue weighted by molar-refractivity contribution is -0.385. The van der Waals surface area contributed by atoms with E-state index in [0.29, 0.717) is 11.1 Å². The second kappa shape index (κ2) is 5.77. The average Bonchev–Trinajstić information content (AvgIpc) is 2.30. The van der Waals surface area contributed by atoms with Crippen LogP contribution in [0.15, 0.2) is 12.1 Å². The number of halogens is 3. The van der Waals surface area contributed by atoms with E-state index in [4.69, 9.17) is 10.00 Å². The van der Waals surface area contributed by atoms with Gasteiger partial charge in [-0.2, -0.15) is 18.4 Å². The third-order valence-electron chi connectivity index (χ3n) is 2.65. The number of alkyl halides is 3. The first-order valence-electron chi connectivity index (χ1n) is 5.51. The van der Waals surface area contributed by atoms with E-state index in [1.54, 1.807) is 6.92 Å². The Kier molecular flexibility index (Phi) is 4.55. The number of rotatable bonds is 4. The first-order chi connectivity index (χ1) is 9.16. The number of nitro benzene ring substituents is 1. The minimum Gasteiger partial charge on any atom is -0.491 e. The monoisotopic (exact) mass is 288 g/mol. The number of nitro groups is 1. The molecule has 0 aliphatic heterocycles. The van der Waals surface area contributed by atoms with Crippen molar-refractivity contribution in [1.82, 2.24) is 0 Å². The molecule has 0 amide bonds. The summed E-state index contributed by atoms with van der Waals surface area (Å²) in [6.07, 6.45) is -4.70. The Morgan fingerprint density at radius 1 is 1.40 bits per heavy atom. The SMILES string of the molecule is Cc1cc(C)c([N+](=O)[O-])cc1OCC(C#N)C(F)(F)F. The molecule has 1 unspecified atom stereocenters. The van der Waals surface area contributed by atoms with Crippen molar-refractivity contribution in [2.24, 2.45) is 5.92 Å². The lowest BCUT2D eigenvalue weighted by atomic mass is 10.1. The van der Waals surface area contributed by atoms with Crippen molar-refractivity contribution in [3.63, 3.8) is 0 Å². The van der Waals surface area contributed by atoms with Crippen LogP contribution in [0.5, 0.6) is 5.75 Å². The first-order valence-corrected chi connectivity index (χ1v) is 5.51. The maximum Gasteiger partial charge on any atom is 0.407 e. The summed E-state index contributed by atoms with van der Waals surface area (Å²) < 4.78 is 42.1. The number of benzene rings is 1. The van der Waals surface area contributed by atoms with Crippen molar-refractivity contribution < 1.29 is 22.8 Å². The van der Waals surface area contributed by atoms with Gasteiger partial charge in [-0.25, -0.2) is 0 Å². The molecule has 20 heavy (non-hydrogen) atoms. The van der Waals surface area contributed by atoms with Crippen LogP contribution in [0.3, 0.4) is 0 Å². The highest BCUT2D eigenvalue weighted by molar-refractivity contribution is 5.49. The number of aryl methyl sites for hydroxylation is 2. The van der Waals surface area contributed by atoms with Crippen molar-refractivity contribution in [3.05, 3.63) is 33.4 Å². The van der Waals surface area contributed by atoms with Gasteiger partial charge in [0.1, 0.15) is 12.4 Å². The second-order valence-electron chi connectivity index (χ2n) is 4.20. The Bertz CT molecular complexity index is 564. The molecule has 0 radical (unpaired) electrons. The molecule has 1 atom stereocenters. The zero-order valence-electron chi connectivity index (χ0n) is 10.7. The summed E-state index contributed by atoms with van der Waals surface area (Å²) in [5.74, 6) is -2.31. The average molecular weight is 288 g/mol. The van der Waals surface area contributed by atoms with Crippen molar-refractivity contribution in [2.75, 3.05) is 6.61 Å². The molecule has 0 heterocycles. The maximum absolute atomic E-state index is 12.4. The van der Waals surface area contributed by atoms with Crippen LogP contribution in [-0.2, 0) is 0 Å². The number of hydrogen-bond acceptors (Lipinski definition) is 4. The zero-order chi connectivity index (χ0) is 15.5. The number of hydrogen-bond donors (Lipinski definition) is 0. The van der Waals surface area contributed by atoms with E-state index in [-0.39, 0.29) is 11.4 Å². The Hall–Kier alpha value is -2.30. The van der Waals surface area contributed by atoms with Crippen LogP contribution in [0.25, 0.3) is 0 Å². The Morgan fingerprint density at radius 2 is 2.00 bits per heavy atom. The molecule has 0 aliphatic rings. The second-order valence-corrected chi connectivity index (χ2v) is 4.20. The zero-order valence-corrected chi connectivity index (χ0v) is 10.7. The summed E-state index contributed by atoms with van der Waals surface area (Å²) in [6.45, 7) is 2.17. The Morgan fingerprint density at radius 3 is 2.45 bits per heavy atom. The minimum atomic E-state index is -4.70. The van der Waals surface area contributed by atoms with E-state index in [2.05, 4.69) is 0 Å². The summed E-state index contributed by atoms with van der Waals surface area (Å²) in [6, 6.07) is 3.61. The lowest BCUT2D eigenvalue weighted by Gasteiger charge is -2.15. The van der Waals surface area contributed by atoms with Gasteiger partial charge in [0.05, 0.1) is 17.1 Å². The maximum atomic E-state index is 12.4. The normalized spacial score (nSPS) is 12.6. The predicted octanol–water partition coefficient (Wildman–Crippen LogP) is 3.29. The number of nitrogens with zero attached hydrogens (tertiary/aromatic N) is 2. The summed E-state index contributed by atoms with van der Waals surface area (Å²) >= 11 is 0. The van der Waals surface area contributed by atoms with Crippen molar-refractivity contribution in [3.8, 4) is 11.8 Å². The third kappa shape index (κ3) is 3.60. The van der Waals surface area contributed by atoms with Gasteiger partial charge in [-0.15, -0.1) is 0 Å². The molecule has 0 N–H and O–H groups in total. The van der Waals surface area contributed by atoms with Crippen molar-refractivity contribution in [1.29, 1.82) is 5.26 Å². The summed E-state index contributed by atoms with van der Waals surface area (Å²) in [5.41, 5.74) is 0.602. The van der Waals surface area contributed by atoms with Crippen molar-refractivity contribution in [2.45, 2.75) is 20.0 Å². The Balaban J connectivity index is 2.97. The fourth-order valence-corrected chi connectivity index (χ4v) is 1.55. The van der Waals surface area contributed by atoms with Gasteiger partial charge in [0.2, 0.25) is 0 Å². The molecule has 1 aromatic rings. The van der Waals surface area contributed by atoms with Gasteiger partial charge in [0.25, 0.3) is 5.69 Å². The molecule has 0 fully saturated rings. The van der Waals surface area contributed by atoms with Crippen LogP contribution in [0.1, 0.15) is 11.1 Å². The predicted molar refractivity (Wildman–Crippen MR) is 63.2 cm³/mol. The van der Waals surface area contributed by atoms with Crippen LogP contribution in [-0.4, -0.2) is 17.7 Å². The number of ether oxygens (including phenoxy) is 1. The van der Waals surface area contributed by atoms with Crippen LogP contribution in [0.2, 0.25) is 0 Å². The molecule has 0 bridgehead atoms. The molecular weight excluding hydrogens is 277 g/mol. The Labute approximate surface area is 112 Å². The van der Waals surface area contributed by atoms with E-state index < -0.39 is 23.6 Å². The van der Waals surface area contributed by atoms with E-state index in [1.807, 2.05) is 0 Å². The highest BCUT2D eigenvalue weighted by atomic mass is 19.4. The minimum absolute atomic E-state index is 0.0354. The van der Waals surface area contributed by atoms with Gasteiger partial charge in [-0.1, -0.05) is 0 Å². The fourth-order valence-electron chi connectivity index (χ4n) is 1.55. The summed E-state index contributed by atoms with van der Waals surface area (Å²) in [7, 11) is 0. The molecule has 0 aromatic heterocycles. The van der Waals surface area contributed by atoms with E-state index in [1.165, 1.54) is 13.0 Å². The van der Waals surface area contributed by atoms with E-state index in [9.17, 15) is 23.3 Å². The van der Waals surface area contributed by atoms with Crippen molar-refractivity contribution >= 4 is 5.69 Å². The van der Waals surface area contributed by atoms with Gasteiger partial charge < -0.3 is 4.74 Å².